The van der Waals surface area contributed by atoms with Gasteiger partial charge in [0.15, 0.2) is 0 Å². The largest absolute Gasteiger partial charge is 0.444 e. The van der Waals surface area contributed by atoms with Crippen molar-refractivity contribution in [1.82, 2.24) is 14.8 Å². The standard InChI is InChI=1S/C28H31Cl2N5O4/c1-27(2,3)39-26(38)33(5)17-24(36)32-23-11-10-22-21(31-23)16-34(19-12-14-28(4,30)15-13-19)25(37)35(22)20-8-6-18(29)7-9-20/h6-14H,15-17H2,1-5H3,(H,31,32,36). The number of likely N-dealkylation sites (N-methyl/N-ethyl adjacent to an activating group) is 1. The number of carbonyl (C=O) groups excluding carboxylic acids is 3. The number of nitrogens with zero attached hydrogens (tertiary/aromatic N) is 4. The highest BCUT2D eigenvalue weighted by atomic mass is 35.5. The third-order valence-electron chi connectivity index (χ3n) is 5.98. The summed E-state index contributed by atoms with van der Waals surface area (Å²) in [5, 5.41) is 3.28. The van der Waals surface area contributed by atoms with Gasteiger partial charge < -0.3 is 15.0 Å². The number of anilines is 3. The molecule has 1 atom stereocenters. The van der Waals surface area contributed by atoms with Crippen LogP contribution in [0.1, 0.15) is 39.8 Å². The fourth-order valence-corrected chi connectivity index (χ4v) is 4.33. The van der Waals surface area contributed by atoms with Crippen molar-refractivity contribution in [2.75, 3.05) is 23.8 Å². The molecule has 0 fully saturated rings. The van der Waals surface area contributed by atoms with Crippen LogP contribution >= 0.6 is 23.2 Å². The van der Waals surface area contributed by atoms with E-state index in [1.807, 2.05) is 25.2 Å². The van der Waals surface area contributed by atoms with Gasteiger partial charge in [0.25, 0.3) is 0 Å². The van der Waals surface area contributed by atoms with E-state index in [0.29, 0.717) is 40.0 Å². The van der Waals surface area contributed by atoms with Crippen LogP contribution in [0.15, 0.2) is 60.3 Å². The van der Waals surface area contributed by atoms with Gasteiger partial charge in [0, 0.05) is 17.8 Å². The first-order chi connectivity index (χ1) is 18.2. The zero-order chi connectivity index (χ0) is 28.5. The van der Waals surface area contributed by atoms with Gasteiger partial charge in [0.2, 0.25) is 5.91 Å². The van der Waals surface area contributed by atoms with Gasteiger partial charge in [-0.1, -0.05) is 23.8 Å². The summed E-state index contributed by atoms with van der Waals surface area (Å²) in [6.07, 6.45) is 5.58. The highest BCUT2D eigenvalue weighted by Gasteiger charge is 2.35. The summed E-state index contributed by atoms with van der Waals surface area (Å²) < 4.78 is 5.30. The molecule has 0 bridgehead atoms. The zero-order valence-electron chi connectivity index (χ0n) is 22.5. The van der Waals surface area contributed by atoms with E-state index < -0.39 is 22.5 Å². The summed E-state index contributed by atoms with van der Waals surface area (Å²) in [6, 6.07) is 10.1. The van der Waals surface area contributed by atoms with E-state index in [-0.39, 0.29) is 19.1 Å². The molecule has 1 N–H and O–H groups in total. The number of rotatable bonds is 5. The predicted molar refractivity (Wildman–Crippen MR) is 152 cm³/mol. The van der Waals surface area contributed by atoms with Crippen LogP contribution in [0.4, 0.5) is 26.8 Å². The van der Waals surface area contributed by atoms with Crippen LogP contribution in [-0.4, -0.2) is 56.9 Å². The lowest BCUT2D eigenvalue weighted by Crippen LogP contribution is -2.44. The number of hydrogen-bond donors (Lipinski definition) is 1. The highest BCUT2D eigenvalue weighted by Crippen LogP contribution is 2.38. The van der Waals surface area contributed by atoms with Crippen LogP contribution < -0.4 is 10.2 Å². The molecule has 0 radical (unpaired) electrons. The van der Waals surface area contributed by atoms with E-state index >= 15 is 0 Å². The lowest BCUT2D eigenvalue weighted by atomic mass is 9.99. The first-order valence-electron chi connectivity index (χ1n) is 12.4. The lowest BCUT2D eigenvalue weighted by molar-refractivity contribution is -0.117. The number of halogens is 2. The lowest BCUT2D eigenvalue weighted by Gasteiger charge is -2.38. The van der Waals surface area contributed by atoms with Gasteiger partial charge in [-0.05, 0) is 76.6 Å². The molecule has 4 rings (SSSR count). The van der Waals surface area contributed by atoms with Crippen molar-refractivity contribution in [1.29, 1.82) is 0 Å². The normalized spacial score (nSPS) is 18.8. The SMILES string of the molecule is CN(CC(=O)Nc1ccc2c(n1)CN(C1=CCC(C)(Cl)C=C1)C(=O)N2c1ccc(Cl)cc1)C(=O)OC(C)(C)C. The van der Waals surface area contributed by atoms with Crippen LogP contribution in [0.2, 0.25) is 5.02 Å². The number of nitrogens with one attached hydrogen (secondary N) is 1. The molecule has 9 nitrogen and oxygen atoms in total. The van der Waals surface area contributed by atoms with Gasteiger partial charge in [-0.15, -0.1) is 11.6 Å². The Bertz CT molecular complexity index is 1350. The van der Waals surface area contributed by atoms with Gasteiger partial charge in [-0.2, -0.15) is 0 Å². The average molecular weight is 572 g/mol. The Hall–Kier alpha value is -3.56. The van der Waals surface area contributed by atoms with Crippen LogP contribution in [-0.2, 0) is 16.1 Å². The molecule has 2 aliphatic rings. The first-order valence-corrected chi connectivity index (χ1v) is 13.2. The molecular weight excluding hydrogens is 541 g/mol. The second-order valence-electron chi connectivity index (χ2n) is 10.7. The molecule has 206 valence electrons. The van der Waals surface area contributed by atoms with E-state index in [2.05, 4.69) is 10.3 Å². The monoisotopic (exact) mass is 571 g/mol. The van der Waals surface area contributed by atoms with Gasteiger partial charge in [-0.25, -0.2) is 14.6 Å². The number of carbonyl (C=O) groups is 3. The van der Waals surface area contributed by atoms with Crippen LogP contribution in [0, 0.1) is 0 Å². The van der Waals surface area contributed by atoms with Crippen molar-refractivity contribution in [3.8, 4) is 0 Å². The Kier molecular flexibility index (Phi) is 7.95. The minimum Gasteiger partial charge on any atom is -0.444 e. The van der Waals surface area contributed by atoms with Gasteiger partial charge >= 0.3 is 12.1 Å². The Labute approximate surface area is 238 Å². The molecule has 0 saturated carbocycles. The minimum absolute atomic E-state index is 0.189. The molecule has 39 heavy (non-hydrogen) atoms. The Balaban J connectivity index is 1.60. The fraction of sp³-hybridized carbons (Fsp3) is 0.357. The Morgan fingerprint density at radius 2 is 1.87 bits per heavy atom. The van der Waals surface area contributed by atoms with Crippen LogP contribution in [0.5, 0.6) is 0 Å². The number of amides is 4. The molecule has 1 aromatic carbocycles. The predicted octanol–water partition coefficient (Wildman–Crippen LogP) is 6.46. The maximum absolute atomic E-state index is 13.7. The van der Waals surface area contributed by atoms with Crippen LogP contribution in [0.25, 0.3) is 0 Å². The van der Waals surface area contributed by atoms with E-state index in [1.54, 1.807) is 67.0 Å². The first kappa shape index (κ1) is 28.4. The molecule has 1 unspecified atom stereocenters. The van der Waals surface area contributed by atoms with E-state index in [0.717, 1.165) is 0 Å². The Morgan fingerprint density at radius 3 is 2.49 bits per heavy atom. The molecule has 2 aromatic rings. The summed E-state index contributed by atoms with van der Waals surface area (Å²) in [7, 11) is 1.48. The van der Waals surface area contributed by atoms with Crippen LogP contribution in [0.3, 0.4) is 0 Å². The van der Waals surface area contributed by atoms with Crippen molar-refractivity contribution < 1.29 is 19.1 Å². The van der Waals surface area contributed by atoms with Gasteiger partial charge in [0.05, 0.1) is 28.5 Å². The zero-order valence-corrected chi connectivity index (χ0v) is 24.0. The summed E-state index contributed by atoms with van der Waals surface area (Å²) >= 11 is 12.5. The van der Waals surface area contributed by atoms with E-state index in [4.69, 9.17) is 27.9 Å². The molecule has 4 amide bonds. The van der Waals surface area contributed by atoms with Gasteiger partial charge in [-0.3, -0.25) is 14.6 Å². The molecular formula is C28H31Cl2N5O4. The van der Waals surface area contributed by atoms with E-state index in [9.17, 15) is 14.4 Å². The minimum atomic E-state index is -0.674. The molecule has 11 heteroatoms. The number of fused-ring (bicyclic) bond motifs is 1. The molecule has 1 aliphatic heterocycles. The molecule has 2 heterocycles. The van der Waals surface area contributed by atoms with Crippen molar-refractivity contribution in [2.24, 2.45) is 0 Å². The maximum atomic E-state index is 13.7. The summed E-state index contributed by atoms with van der Waals surface area (Å²) in [4.78, 5) is 47.2. The van der Waals surface area contributed by atoms with Crippen molar-refractivity contribution in [2.45, 2.75) is 51.1 Å². The smallest absolute Gasteiger partial charge is 0.410 e. The summed E-state index contributed by atoms with van der Waals surface area (Å²) in [5.41, 5.74) is 1.82. The quantitative estimate of drug-likeness (QED) is 0.416. The topological polar surface area (TPSA) is 95.1 Å². The Morgan fingerprint density at radius 1 is 1.18 bits per heavy atom. The van der Waals surface area contributed by atoms with E-state index in [1.165, 1.54) is 11.9 Å². The third-order valence-corrected chi connectivity index (χ3v) is 6.52. The van der Waals surface area contributed by atoms with Crippen molar-refractivity contribution in [3.63, 3.8) is 0 Å². The maximum Gasteiger partial charge on any atom is 0.410 e. The van der Waals surface area contributed by atoms with Gasteiger partial charge in [0.1, 0.15) is 18.0 Å². The number of hydrogen-bond acceptors (Lipinski definition) is 5. The number of alkyl halides is 1. The fourth-order valence-electron chi connectivity index (χ4n) is 4.07. The highest BCUT2D eigenvalue weighted by molar-refractivity contribution is 6.30. The average Bonchev–Trinajstić information content (AvgIpc) is 2.83. The number of allylic oxidation sites excluding steroid dienone is 3. The summed E-state index contributed by atoms with van der Waals surface area (Å²) in [5.74, 6) is -0.142. The number of benzene rings is 1. The number of urea groups is 1. The third kappa shape index (κ3) is 6.91. The second kappa shape index (κ2) is 10.9. The molecule has 1 aliphatic carbocycles. The van der Waals surface area contributed by atoms with Crippen molar-refractivity contribution in [3.05, 3.63) is 71.0 Å². The molecule has 0 spiro atoms. The number of aromatic nitrogens is 1. The number of ether oxygens (including phenoxy) is 1. The summed E-state index contributed by atoms with van der Waals surface area (Å²) in [6.45, 7) is 7.14. The number of pyridine rings is 1. The molecule has 1 aromatic heterocycles. The second-order valence-corrected chi connectivity index (χ2v) is 12.0. The van der Waals surface area contributed by atoms with Crippen molar-refractivity contribution >= 4 is 58.4 Å². The molecule has 0 saturated heterocycles.